The lowest BCUT2D eigenvalue weighted by atomic mass is 10.2. The van der Waals surface area contributed by atoms with Crippen molar-refractivity contribution in [3.63, 3.8) is 0 Å². The maximum absolute atomic E-state index is 5.68. The molecule has 0 aliphatic carbocycles. The number of methoxy groups -OCH3 is 1. The van der Waals surface area contributed by atoms with Crippen LogP contribution in [0.2, 0.25) is 0 Å². The molecule has 1 N–H and O–H groups in total. The summed E-state index contributed by atoms with van der Waals surface area (Å²) in [6, 6.07) is 9.97. The molecule has 0 saturated carbocycles. The third kappa shape index (κ3) is 4.83. The molecule has 0 saturated heterocycles. The number of nitrogens with zero attached hydrogens (tertiary/aromatic N) is 4. The lowest BCUT2D eigenvalue weighted by Crippen LogP contribution is -3.07. The SMILES string of the molecule is CCOc1ccc(C[NH+](C)Cn2nc(-c3ccncc3)n(CC)c2=S)cc1OC. The molecular formula is C21H28N5O2S+. The molecule has 0 fully saturated rings. The lowest BCUT2D eigenvalue weighted by molar-refractivity contribution is -0.917. The fourth-order valence-electron chi connectivity index (χ4n) is 3.30. The van der Waals surface area contributed by atoms with Crippen molar-refractivity contribution in [2.75, 3.05) is 20.8 Å². The summed E-state index contributed by atoms with van der Waals surface area (Å²) in [4.78, 5) is 5.35. The summed E-state index contributed by atoms with van der Waals surface area (Å²) in [6.07, 6.45) is 3.54. The molecule has 0 radical (unpaired) electrons. The minimum Gasteiger partial charge on any atom is -0.493 e. The van der Waals surface area contributed by atoms with Crippen LogP contribution < -0.4 is 14.4 Å². The Morgan fingerprint density at radius 1 is 1.10 bits per heavy atom. The second-order valence-corrected chi connectivity index (χ2v) is 7.16. The molecule has 2 aromatic heterocycles. The molecule has 3 aromatic rings. The number of quaternary nitrogens is 1. The van der Waals surface area contributed by atoms with E-state index in [0.29, 0.717) is 13.3 Å². The summed E-state index contributed by atoms with van der Waals surface area (Å²) < 4.78 is 15.7. The van der Waals surface area contributed by atoms with Crippen molar-refractivity contribution < 1.29 is 14.4 Å². The Balaban J connectivity index is 1.78. The number of nitrogens with one attached hydrogen (secondary N) is 1. The van der Waals surface area contributed by atoms with Crippen LogP contribution in [0.4, 0.5) is 0 Å². The van der Waals surface area contributed by atoms with E-state index in [-0.39, 0.29) is 0 Å². The zero-order valence-corrected chi connectivity index (χ0v) is 18.2. The van der Waals surface area contributed by atoms with Crippen LogP contribution in [-0.2, 0) is 19.8 Å². The Bertz CT molecular complexity index is 1000. The fraction of sp³-hybridized carbons (Fsp3) is 0.381. The molecule has 154 valence electrons. The maximum Gasteiger partial charge on any atom is 0.203 e. The third-order valence-corrected chi connectivity index (χ3v) is 5.06. The quantitative estimate of drug-likeness (QED) is 0.546. The van der Waals surface area contributed by atoms with Gasteiger partial charge in [-0.1, -0.05) is 0 Å². The molecule has 1 unspecified atom stereocenters. The van der Waals surface area contributed by atoms with Gasteiger partial charge in [-0.3, -0.25) is 4.98 Å². The molecule has 0 bridgehead atoms. The normalized spacial score (nSPS) is 12.0. The predicted octanol–water partition coefficient (Wildman–Crippen LogP) is 2.58. The molecule has 0 spiro atoms. The predicted molar refractivity (Wildman–Crippen MR) is 115 cm³/mol. The van der Waals surface area contributed by atoms with Crippen molar-refractivity contribution >= 4 is 12.2 Å². The van der Waals surface area contributed by atoms with E-state index < -0.39 is 0 Å². The maximum atomic E-state index is 5.68. The Kier molecular flexibility index (Phi) is 7.00. The fourth-order valence-corrected chi connectivity index (χ4v) is 3.62. The molecule has 8 heteroatoms. The third-order valence-electron chi connectivity index (χ3n) is 4.63. The number of aromatic nitrogens is 4. The highest BCUT2D eigenvalue weighted by Gasteiger charge is 2.15. The van der Waals surface area contributed by atoms with Gasteiger partial charge < -0.3 is 18.9 Å². The summed E-state index contributed by atoms with van der Waals surface area (Å²) in [5, 5.41) is 4.79. The van der Waals surface area contributed by atoms with Gasteiger partial charge in [0.25, 0.3) is 0 Å². The Labute approximate surface area is 176 Å². The first-order chi connectivity index (χ1) is 14.1. The Hall–Kier alpha value is -2.71. The van der Waals surface area contributed by atoms with Crippen LogP contribution in [0.1, 0.15) is 19.4 Å². The average molecular weight is 415 g/mol. The second-order valence-electron chi connectivity index (χ2n) is 6.80. The molecule has 1 atom stereocenters. The first kappa shape index (κ1) is 21.0. The molecule has 0 aliphatic rings. The Morgan fingerprint density at radius 3 is 2.52 bits per heavy atom. The molecule has 1 aromatic carbocycles. The van der Waals surface area contributed by atoms with Crippen molar-refractivity contribution in [3.8, 4) is 22.9 Å². The zero-order chi connectivity index (χ0) is 20.8. The number of benzene rings is 1. The van der Waals surface area contributed by atoms with Crippen LogP contribution >= 0.6 is 12.2 Å². The number of hydrogen-bond donors (Lipinski definition) is 1. The van der Waals surface area contributed by atoms with E-state index in [0.717, 1.165) is 40.7 Å². The van der Waals surface area contributed by atoms with E-state index in [1.807, 2.05) is 35.9 Å². The minimum atomic E-state index is 0.610. The zero-order valence-electron chi connectivity index (χ0n) is 17.4. The summed E-state index contributed by atoms with van der Waals surface area (Å²) >= 11 is 5.68. The second kappa shape index (κ2) is 9.67. The van der Waals surface area contributed by atoms with Gasteiger partial charge >= 0.3 is 0 Å². The molecule has 3 rings (SSSR count). The van der Waals surface area contributed by atoms with Gasteiger partial charge in [-0.05, 0) is 56.4 Å². The van der Waals surface area contributed by atoms with E-state index in [1.54, 1.807) is 19.5 Å². The Morgan fingerprint density at radius 2 is 1.86 bits per heavy atom. The number of hydrogen-bond acceptors (Lipinski definition) is 5. The molecule has 0 amide bonds. The molecule has 7 nitrogen and oxygen atoms in total. The van der Waals surface area contributed by atoms with E-state index in [4.69, 9.17) is 26.8 Å². The van der Waals surface area contributed by atoms with Gasteiger partial charge in [0.05, 0.1) is 20.8 Å². The van der Waals surface area contributed by atoms with Gasteiger partial charge in [0.1, 0.15) is 6.54 Å². The van der Waals surface area contributed by atoms with Crippen LogP contribution in [0.15, 0.2) is 42.7 Å². The van der Waals surface area contributed by atoms with Crippen LogP contribution in [0.5, 0.6) is 11.5 Å². The van der Waals surface area contributed by atoms with E-state index in [2.05, 4.69) is 29.6 Å². The van der Waals surface area contributed by atoms with Gasteiger partial charge in [0, 0.05) is 30.1 Å². The topological polar surface area (TPSA) is 58.5 Å². The standard InChI is InChI=1S/C21H27N5O2S/c1-5-25-20(17-9-11-22-12-10-17)23-26(21(25)29)15-24(3)14-16-7-8-18(28-6-2)19(13-16)27-4/h7-13H,5-6,14-15H2,1-4H3/p+1. The van der Waals surface area contributed by atoms with Crippen LogP contribution in [0.3, 0.4) is 0 Å². The van der Waals surface area contributed by atoms with Gasteiger partial charge in [0.2, 0.25) is 4.77 Å². The summed E-state index contributed by atoms with van der Waals surface area (Å²) in [6.45, 7) is 6.90. The number of ether oxygens (including phenoxy) is 2. The van der Waals surface area contributed by atoms with Gasteiger partial charge in [-0.25, -0.2) is 0 Å². The van der Waals surface area contributed by atoms with Gasteiger partial charge in [-0.15, -0.1) is 5.10 Å². The van der Waals surface area contributed by atoms with E-state index in [9.17, 15) is 0 Å². The minimum absolute atomic E-state index is 0.610. The highest BCUT2D eigenvalue weighted by molar-refractivity contribution is 7.71. The smallest absolute Gasteiger partial charge is 0.203 e. The number of pyridine rings is 1. The molecule has 2 heterocycles. The highest BCUT2D eigenvalue weighted by Crippen LogP contribution is 2.27. The highest BCUT2D eigenvalue weighted by atomic mass is 32.1. The summed E-state index contributed by atoms with van der Waals surface area (Å²) in [5.41, 5.74) is 2.18. The molecule has 0 aliphatic heterocycles. The summed E-state index contributed by atoms with van der Waals surface area (Å²) in [7, 11) is 3.79. The first-order valence-corrected chi connectivity index (χ1v) is 10.2. The molecular weight excluding hydrogens is 386 g/mol. The summed E-state index contributed by atoms with van der Waals surface area (Å²) in [5.74, 6) is 2.39. The largest absolute Gasteiger partial charge is 0.493 e. The first-order valence-electron chi connectivity index (χ1n) is 9.76. The van der Waals surface area contributed by atoms with Crippen molar-refractivity contribution in [3.05, 3.63) is 53.1 Å². The van der Waals surface area contributed by atoms with Gasteiger partial charge in [-0.2, -0.15) is 4.68 Å². The van der Waals surface area contributed by atoms with Crippen LogP contribution in [0, 0.1) is 4.77 Å². The monoisotopic (exact) mass is 414 g/mol. The van der Waals surface area contributed by atoms with E-state index >= 15 is 0 Å². The lowest BCUT2D eigenvalue weighted by Gasteiger charge is -2.15. The van der Waals surface area contributed by atoms with Crippen LogP contribution in [-0.4, -0.2) is 40.1 Å². The van der Waals surface area contributed by atoms with Crippen LogP contribution in [0.25, 0.3) is 11.4 Å². The van der Waals surface area contributed by atoms with E-state index in [1.165, 1.54) is 10.5 Å². The van der Waals surface area contributed by atoms with Crippen molar-refractivity contribution in [1.82, 2.24) is 19.3 Å². The average Bonchev–Trinajstić information content (AvgIpc) is 3.05. The van der Waals surface area contributed by atoms with Crippen molar-refractivity contribution in [2.24, 2.45) is 0 Å². The van der Waals surface area contributed by atoms with Gasteiger partial charge in [0.15, 0.2) is 24.0 Å². The van der Waals surface area contributed by atoms with Crippen molar-refractivity contribution in [2.45, 2.75) is 33.6 Å². The molecule has 29 heavy (non-hydrogen) atoms. The van der Waals surface area contributed by atoms with Crippen molar-refractivity contribution in [1.29, 1.82) is 0 Å². The number of rotatable bonds is 9.